The molecule has 0 spiro atoms. The van der Waals surface area contributed by atoms with Crippen molar-refractivity contribution in [1.82, 2.24) is 5.32 Å². The van der Waals surface area contributed by atoms with E-state index < -0.39 is 93.8 Å². The number of aldehydes is 1. The van der Waals surface area contributed by atoms with E-state index in [4.69, 9.17) is 23.7 Å². The van der Waals surface area contributed by atoms with Crippen LogP contribution in [0.5, 0.6) is 0 Å². The number of nitro groups is 1. The molecule has 1 aliphatic heterocycles. The minimum absolute atomic E-state index is 0.0297. The van der Waals surface area contributed by atoms with E-state index in [2.05, 4.69) is 5.32 Å². The molecule has 0 bridgehead atoms. The first-order valence-corrected chi connectivity index (χ1v) is 16.8. The Balaban J connectivity index is 2.88. The fourth-order valence-corrected chi connectivity index (χ4v) is 4.57. The number of hydrogen-bond donors (Lipinski definition) is 1. The van der Waals surface area contributed by atoms with E-state index >= 15 is 0 Å². The molecule has 1 fully saturated rings. The van der Waals surface area contributed by atoms with Crippen molar-refractivity contribution in [2.45, 2.75) is 126 Å². The fraction of sp³-hybridized carbons (Fsp3) is 0.649. The maximum absolute atomic E-state index is 13.6. The van der Waals surface area contributed by atoms with Crippen molar-refractivity contribution in [3.63, 3.8) is 0 Å². The van der Waals surface area contributed by atoms with Gasteiger partial charge >= 0.3 is 23.9 Å². The highest BCUT2D eigenvalue weighted by atomic mass is 16.7. The lowest BCUT2D eigenvalue weighted by molar-refractivity contribution is -0.385. The van der Waals surface area contributed by atoms with Crippen molar-refractivity contribution in [3.05, 3.63) is 52.1 Å². The number of hydrogen-bond acceptors (Lipinski definition) is 13. The van der Waals surface area contributed by atoms with E-state index in [-0.39, 0.29) is 17.7 Å². The summed E-state index contributed by atoms with van der Waals surface area (Å²) >= 11 is 0. The molecule has 14 nitrogen and oxygen atoms in total. The van der Waals surface area contributed by atoms with Gasteiger partial charge in [-0.25, -0.2) is 0 Å². The Morgan fingerprint density at radius 2 is 1.25 bits per heavy atom. The van der Waals surface area contributed by atoms with Gasteiger partial charge in [0.15, 0.2) is 24.5 Å². The van der Waals surface area contributed by atoms with Gasteiger partial charge in [0.25, 0.3) is 5.69 Å². The molecule has 1 N–H and O–H groups in total. The molecule has 51 heavy (non-hydrogen) atoms. The molecule has 1 aliphatic rings. The largest absolute Gasteiger partial charge is 0.462 e. The molecule has 0 saturated carbocycles. The average molecular weight is 719 g/mol. The van der Waals surface area contributed by atoms with Crippen LogP contribution in [-0.2, 0) is 47.7 Å². The molecule has 1 aromatic rings. The molecule has 0 aliphatic carbocycles. The van der Waals surface area contributed by atoms with Gasteiger partial charge in [-0.15, -0.1) is 0 Å². The maximum Gasteiger partial charge on any atom is 0.311 e. The van der Waals surface area contributed by atoms with Crippen molar-refractivity contribution in [2.24, 2.45) is 21.7 Å². The van der Waals surface area contributed by atoms with Gasteiger partial charge in [0.2, 0.25) is 0 Å². The van der Waals surface area contributed by atoms with Gasteiger partial charge in [0.05, 0.1) is 26.6 Å². The van der Waals surface area contributed by atoms with Crippen LogP contribution >= 0.6 is 0 Å². The highest BCUT2D eigenvalue weighted by Gasteiger charge is 2.55. The number of carbonyl (C=O) groups is 5. The molecule has 0 aromatic heterocycles. The molecule has 6 atom stereocenters. The highest BCUT2D eigenvalue weighted by Crippen LogP contribution is 2.36. The summed E-state index contributed by atoms with van der Waals surface area (Å²) in [4.78, 5) is 76.2. The second kappa shape index (κ2) is 16.9. The van der Waals surface area contributed by atoms with E-state index in [1.165, 1.54) is 30.4 Å². The summed E-state index contributed by atoms with van der Waals surface area (Å²) in [6, 6.07) is 5.01. The maximum atomic E-state index is 13.6. The van der Waals surface area contributed by atoms with Crippen molar-refractivity contribution >= 4 is 35.9 Å². The molecular formula is C37H54N2O12. The van der Waals surface area contributed by atoms with E-state index in [9.17, 15) is 34.1 Å². The fourth-order valence-electron chi connectivity index (χ4n) is 4.57. The van der Waals surface area contributed by atoms with Crippen LogP contribution in [-0.4, -0.2) is 72.3 Å². The Bertz CT molecular complexity index is 1460. The molecule has 14 heteroatoms. The second-order valence-electron chi connectivity index (χ2n) is 16.6. The lowest BCUT2D eigenvalue weighted by atomic mass is 9.92. The number of carbonyl (C=O) groups excluding carboxylic acids is 5. The van der Waals surface area contributed by atoms with Gasteiger partial charge in [-0.05, 0) is 95.6 Å². The Labute approximate surface area is 300 Å². The van der Waals surface area contributed by atoms with Gasteiger partial charge in [-0.2, -0.15) is 0 Å². The molecule has 0 unspecified atom stereocenters. The highest BCUT2D eigenvalue weighted by molar-refractivity contribution is 5.78. The smallest absolute Gasteiger partial charge is 0.311 e. The summed E-state index contributed by atoms with van der Waals surface area (Å²) in [5, 5.41) is 15.3. The quantitative estimate of drug-likeness (QED) is 0.0708. The number of para-hydroxylation sites is 1. The van der Waals surface area contributed by atoms with E-state index in [0.29, 0.717) is 6.29 Å². The minimum atomic E-state index is -1.52. The molecule has 2 rings (SSSR count). The molecular weight excluding hydrogens is 664 g/mol. The molecule has 1 aromatic carbocycles. The number of benzene rings is 1. The number of nitrogens with one attached hydrogen (secondary N) is 1. The van der Waals surface area contributed by atoms with Gasteiger partial charge < -0.3 is 23.7 Å². The van der Waals surface area contributed by atoms with Crippen molar-refractivity contribution in [2.75, 3.05) is 6.61 Å². The molecule has 1 saturated heterocycles. The summed E-state index contributed by atoms with van der Waals surface area (Å²) in [6.07, 6.45) is -3.86. The first kappa shape index (κ1) is 43.0. The third kappa shape index (κ3) is 12.2. The van der Waals surface area contributed by atoms with Crippen LogP contribution in [0.4, 0.5) is 5.69 Å². The Hall–Kier alpha value is -4.17. The monoisotopic (exact) mass is 718 g/mol. The Kier molecular flexibility index (Phi) is 14.2. The molecule has 1 heterocycles. The van der Waals surface area contributed by atoms with E-state index in [1.54, 1.807) is 89.2 Å². The average Bonchev–Trinajstić information content (AvgIpc) is 2.99. The number of ether oxygens (including phenoxy) is 5. The zero-order valence-electron chi connectivity index (χ0n) is 31.8. The van der Waals surface area contributed by atoms with Crippen molar-refractivity contribution in [3.8, 4) is 0 Å². The van der Waals surface area contributed by atoms with Crippen LogP contribution in [0.15, 0.2) is 36.4 Å². The molecule has 0 amide bonds. The topological polar surface area (TPSA) is 187 Å². The van der Waals surface area contributed by atoms with Gasteiger partial charge in [0, 0.05) is 17.7 Å². The van der Waals surface area contributed by atoms with Crippen LogP contribution in [0.1, 0.15) is 101 Å². The standard InChI is InChI=1S/C37H54N2O12/c1-34(2,3)30(41)47-21-25-26(49-31(42)35(4,5)6)27(50-32(43)36(7,8)9)28(51-33(44)37(10,11)12)29(48-25)38-23(18-15-16-20-40)22-17-13-14-19-24(22)39(45)46/h13-17,19-20,23,25-29,38H,18,21H2,1-12H3/b16-15-/t23-,25+,26-,27-,28+,29+/m0/s1. The molecule has 0 radical (unpaired) electrons. The van der Waals surface area contributed by atoms with Crippen LogP contribution in [0.25, 0.3) is 0 Å². The number of nitrogens with zero attached hydrogens (tertiary/aromatic N) is 1. The Morgan fingerprint density at radius 1 is 0.784 bits per heavy atom. The SMILES string of the molecule is CC(C)(C)C(=O)OC[C@H]1O[C@@H](N[C@@H](C/C=C\C=O)c2ccccc2[N+](=O)[O-])[C@H](OC(=O)C(C)(C)C)[C@@H](OC(=O)C(C)(C)C)[C@H]1OC(=O)C(C)(C)C. The summed E-state index contributed by atoms with van der Waals surface area (Å²) in [6.45, 7) is 19.0. The number of allylic oxidation sites excluding steroid dienone is 1. The number of esters is 4. The number of rotatable bonds is 12. The van der Waals surface area contributed by atoms with Crippen LogP contribution in [0.2, 0.25) is 0 Å². The lowest BCUT2D eigenvalue weighted by Gasteiger charge is -2.47. The van der Waals surface area contributed by atoms with Gasteiger partial charge in [-0.3, -0.25) is 39.4 Å². The summed E-state index contributed by atoms with van der Waals surface area (Å²) < 4.78 is 30.2. The van der Waals surface area contributed by atoms with Gasteiger partial charge in [-0.1, -0.05) is 24.3 Å². The summed E-state index contributed by atoms with van der Waals surface area (Å²) in [5.74, 6) is -2.75. The van der Waals surface area contributed by atoms with E-state index in [1.807, 2.05) is 0 Å². The van der Waals surface area contributed by atoms with E-state index in [0.717, 1.165) is 0 Å². The first-order valence-electron chi connectivity index (χ1n) is 16.8. The molecule has 284 valence electrons. The summed E-state index contributed by atoms with van der Waals surface area (Å²) in [7, 11) is 0. The summed E-state index contributed by atoms with van der Waals surface area (Å²) in [5.41, 5.74) is -4.13. The van der Waals surface area contributed by atoms with Crippen LogP contribution < -0.4 is 5.32 Å². The van der Waals surface area contributed by atoms with Crippen LogP contribution in [0, 0.1) is 31.8 Å². The predicted octanol–water partition coefficient (Wildman–Crippen LogP) is 5.56. The van der Waals surface area contributed by atoms with Crippen molar-refractivity contribution < 1.29 is 52.6 Å². The predicted molar refractivity (Wildman–Crippen MR) is 186 cm³/mol. The third-order valence-corrected chi connectivity index (χ3v) is 7.65. The lowest BCUT2D eigenvalue weighted by Crippen LogP contribution is -2.66. The minimum Gasteiger partial charge on any atom is -0.462 e. The number of nitro benzene ring substituents is 1. The third-order valence-electron chi connectivity index (χ3n) is 7.65. The van der Waals surface area contributed by atoms with Gasteiger partial charge in [0.1, 0.15) is 19.0 Å². The van der Waals surface area contributed by atoms with Crippen LogP contribution in [0.3, 0.4) is 0 Å². The second-order valence-corrected chi connectivity index (χ2v) is 16.6. The zero-order chi connectivity index (χ0) is 39.1. The zero-order valence-corrected chi connectivity index (χ0v) is 31.8. The first-order chi connectivity index (χ1) is 23.3. The normalized spacial score (nSPS) is 22.1. The van der Waals surface area contributed by atoms with Crippen molar-refractivity contribution in [1.29, 1.82) is 0 Å². The Morgan fingerprint density at radius 3 is 1.73 bits per heavy atom.